The predicted octanol–water partition coefficient (Wildman–Crippen LogP) is 8.85. The molecule has 1 aliphatic heterocycles. The lowest BCUT2D eigenvalue weighted by atomic mass is 9.90. The maximum absolute atomic E-state index is 12.7. The van der Waals surface area contributed by atoms with Gasteiger partial charge >= 0.3 is 0 Å². The molecular weight excluding hydrogens is 414 g/mol. The lowest BCUT2D eigenvalue weighted by molar-refractivity contribution is -0.122. The summed E-state index contributed by atoms with van der Waals surface area (Å²) in [7, 11) is 0. The normalized spacial score (nSPS) is 16.5. The molecule has 184 valence electrons. The van der Waals surface area contributed by atoms with E-state index in [0.717, 1.165) is 25.7 Å². The van der Waals surface area contributed by atoms with E-state index in [4.69, 9.17) is 0 Å². The number of benzene rings is 2. The monoisotopic (exact) mass is 459 g/mol. The molecule has 0 saturated carbocycles. The average molecular weight is 460 g/mol. The average Bonchev–Trinajstić information content (AvgIpc) is 3.04. The molecule has 2 nitrogen and oxygen atoms in total. The fourth-order valence-corrected chi connectivity index (χ4v) is 4.72. The molecule has 1 N–H and O–H groups in total. The van der Waals surface area contributed by atoms with Gasteiger partial charge in [-0.3, -0.25) is 4.79 Å². The van der Waals surface area contributed by atoms with Crippen molar-refractivity contribution in [3.63, 3.8) is 0 Å². The molecular formula is C32H45NO. The second-order valence-electron chi connectivity index (χ2n) is 9.19. The van der Waals surface area contributed by atoms with Crippen LogP contribution in [0, 0.1) is 5.92 Å². The summed E-state index contributed by atoms with van der Waals surface area (Å²) < 4.78 is 0. The summed E-state index contributed by atoms with van der Waals surface area (Å²) in [6.07, 6.45) is 10.9. The van der Waals surface area contributed by atoms with Crippen LogP contribution in [0.5, 0.6) is 0 Å². The number of rotatable bonds is 11. The quantitative estimate of drug-likeness (QED) is 0.340. The Hall–Kier alpha value is -2.61. The molecule has 2 unspecified atom stereocenters. The first-order valence-electron chi connectivity index (χ1n) is 13.4. The molecule has 0 spiro atoms. The summed E-state index contributed by atoms with van der Waals surface area (Å²) in [5.41, 5.74) is 6.19. The molecule has 0 aliphatic carbocycles. The topological polar surface area (TPSA) is 29.1 Å². The van der Waals surface area contributed by atoms with E-state index in [2.05, 4.69) is 92.8 Å². The van der Waals surface area contributed by atoms with Crippen molar-refractivity contribution < 1.29 is 4.79 Å². The Labute approximate surface area is 208 Å². The summed E-state index contributed by atoms with van der Waals surface area (Å²) >= 11 is 0. The second-order valence-corrected chi connectivity index (χ2v) is 9.19. The summed E-state index contributed by atoms with van der Waals surface area (Å²) in [5.74, 6) is 0.517. The molecule has 2 aromatic carbocycles. The van der Waals surface area contributed by atoms with Crippen LogP contribution in [0.15, 0.2) is 72.4 Å². The van der Waals surface area contributed by atoms with Gasteiger partial charge in [0.05, 0.1) is 0 Å². The molecule has 0 aromatic heterocycles. The van der Waals surface area contributed by atoms with Crippen molar-refractivity contribution in [3.05, 3.63) is 83.6 Å². The van der Waals surface area contributed by atoms with Gasteiger partial charge in [0.15, 0.2) is 0 Å². The van der Waals surface area contributed by atoms with Crippen LogP contribution in [0.1, 0.15) is 97.1 Å². The fraction of sp³-hybridized carbons (Fsp3) is 0.469. The minimum absolute atomic E-state index is 0.0957. The van der Waals surface area contributed by atoms with Crippen LogP contribution in [0.3, 0.4) is 0 Å². The molecule has 2 heteroatoms. The van der Waals surface area contributed by atoms with Crippen LogP contribution >= 0.6 is 0 Å². The van der Waals surface area contributed by atoms with Crippen molar-refractivity contribution in [2.45, 2.75) is 92.0 Å². The van der Waals surface area contributed by atoms with E-state index < -0.39 is 0 Å². The summed E-state index contributed by atoms with van der Waals surface area (Å²) in [4.78, 5) is 12.7. The van der Waals surface area contributed by atoms with Gasteiger partial charge < -0.3 is 5.32 Å². The standard InChI is InChI=1S/C30H39NO.C2H6/c1-4-5-6-7-14-19-29(32)23(2)22-27-20-21-28(25-15-10-8-11-16-25)30(24(3)31-27)26-17-12-9-13-18-26;1-2/h8-13,15-18,21,23,27,31H,4-7,14,19-20,22H2,1-3H3;1-2H3. The third-order valence-electron chi connectivity index (χ3n) is 6.53. The van der Waals surface area contributed by atoms with E-state index in [9.17, 15) is 4.79 Å². The number of nitrogens with one attached hydrogen (secondary N) is 1. The van der Waals surface area contributed by atoms with Crippen molar-refractivity contribution >= 4 is 16.9 Å². The molecule has 2 aromatic rings. The van der Waals surface area contributed by atoms with Crippen LogP contribution in [-0.2, 0) is 4.79 Å². The van der Waals surface area contributed by atoms with E-state index >= 15 is 0 Å². The van der Waals surface area contributed by atoms with Crippen molar-refractivity contribution in [3.8, 4) is 0 Å². The first-order chi connectivity index (χ1) is 16.6. The fourth-order valence-electron chi connectivity index (χ4n) is 4.72. The van der Waals surface area contributed by atoms with Gasteiger partial charge in [-0.2, -0.15) is 0 Å². The Balaban J connectivity index is 0.00000199. The number of hydrogen-bond donors (Lipinski definition) is 1. The Morgan fingerprint density at radius 3 is 2.12 bits per heavy atom. The summed E-state index contributed by atoms with van der Waals surface area (Å²) in [6.45, 7) is 10.5. The van der Waals surface area contributed by atoms with E-state index in [1.807, 2.05) is 13.8 Å². The lowest BCUT2D eigenvalue weighted by Crippen LogP contribution is -2.30. The van der Waals surface area contributed by atoms with Crippen LogP contribution in [-0.4, -0.2) is 11.8 Å². The highest BCUT2D eigenvalue weighted by Crippen LogP contribution is 2.36. The zero-order valence-electron chi connectivity index (χ0n) is 22.1. The maximum Gasteiger partial charge on any atom is 0.135 e. The van der Waals surface area contributed by atoms with Crippen LogP contribution in [0.2, 0.25) is 0 Å². The largest absolute Gasteiger partial charge is 0.385 e. The first kappa shape index (κ1) is 27.6. The minimum Gasteiger partial charge on any atom is -0.385 e. The maximum atomic E-state index is 12.7. The number of allylic oxidation sites excluding steroid dienone is 3. The Morgan fingerprint density at radius 2 is 1.50 bits per heavy atom. The molecule has 0 fully saturated rings. The van der Waals surface area contributed by atoms with E-state index in [1.165, 1.54) is 53.7 Å². The van der Waals surface area contributed by atoms with E-state index in [-0.39, 0.29) is 12.0 Å². The zero-order chi connectivity index (χ0) is 24.8. The number of Topliss-reactive ketones (excluding diaryl/α,β-unsaturated/α-hetero) is 1. The van der Waals surface area contributed by atoms with E-state index in [1.54, 1.807) is 0 Å². The molecule has 0 amide bonds. The van der Waals surface area contributed by atoms with Crippen molar-refractivity contribution in [1.29, 1.82) is 0 Å². The number of ketones is 1. The zero-order valence-corrected chi connectivity index (χ0v) is 22.1. The Kier molecular flexibility index (Phi) is 12.5. The number of carbonyl (C=O) groups is 1. The van der Waals surface area contributed by atoms with Gasteiger partial charge in [0.1, 0.15) is 5.78 Å². The number of carbonyl (C=O) groups excluding carboxylic acids is 1. The first-order valence-corrected chi connectivity index (χ1v) is 13.4. The highest BCUT2D eigenvalue weighted by molar-refractivity contribution is 6.06. The Morgan fingerprint density at radius 1 is 0.912 bits per heavy atom. The highest BCUT2D eigenvalue weighted by atomic mass is 16.1. The van der Waals surface area contributed by atoms with Crippen molar-refractivity contribution in [1.82, 2.24) is 5.32 Å². The minimum atomic E-state index is 0.0957. The summed E-state index contributed by atoms with van der Waals surface area (Å²) in [6, 6.07) is 21.5. The number of hydrogen-bond acceptors (Lipinski definition) is 2. The van der Waals surface area contributed by atoms with Crippen molar-refractivity contribution in [2.24, 2.45) is 5.92 Å². The third-order valence-corrected chi connectivity index (χ3v) is 6.53. The van der Waals surface area contributed by atoms with Gasteiger partial charge in [0.25, 0.3) is 0 Å². The summed E-state index contributed by atoms with van der Waals surface area (Å²) in [5, 5.41) is 3.77. The van der Waals surface area contributed by atoms with Gasteiger partial charge in [-0.1, -0.05) is 120 Å². The molecule has 2 atom stereocenters. The molecule has 34 heavy (non-hydrogen) atoms. The molecule has 3 rings (SSSR count). The third kappa shape index (κ3) is 8.31. The molecule has 1 aliphatic rings. The van der Waals surface area contributed by atoms with E-state index in [0.29, 0.717) is 5.78 Å². The van der Waals surface area contributed by atoms with Crippen LogP contribution in [0.4, 0.5) is 0 Å². The van der Waals surface area contributed by atoms with Gasteiger partial charge in [-0.15, -0.1) is 0 Å². The molecule has 0 bridgehead atoms. The van der Waals surface area contributed by atoms with Crippen LogP contribution < -0.4 is 5.32 Å². The smallest absolute Gasteiger partial charge is 0.135 e. The van der Waals surface area contributed by atoms with Gasteiger partial charge in [-0.05, 0) is 42.9 Å². The highest BCUT2D eigenvalue weighted by Gasteiger charge is 2.23. The molecule has 0 saturated heterocycles. The SMILES string of the molecule is CC.CCCCCCCC(=O)C(C)CC1CC=C(c2ccccc2)C(c2ccccc2)=C(C)N1. The second kappa shape index (κ2) is 15.3. The Bertz CT molecular complexity index is 911. The van der Waals surface area contributed by atoms with Gasteiger partial charge in [-0.25, -0.2) is 0 Å². The van der Waals surface area contributed by atoms with Crippen LogP contribution in [0.25, 0.3) is 11.1 Å². The molecule has 0 radical (unpaired) electrons. The lowest BCUT2D eigenvalue weighted by Gasteiger charge is -2.22. The van der Waals surface area contributed by atoms with Gasteiger partial charge in [0, 0.05) is 29.7 Å². The molecule has 1 heterocycles. The number of unbranched alkanes of at least 4 members (excludes halogenated alkanes) is 4. The van der Waals surface area contributed by atoms with Gasteiger partial charge in [0.2, 0.25) is 0 Å². The predicted molar refractivity (Wildman–Crippen MR) is 149 cm³/mol. The van der Waals surface area contributed by atoms with Crippen molar-refractivity contribution in [2.75, 3.05) is 0 Å².